The number of benzene rings is 4. The van der Waals surface area contributed by atoms with E-state index < -0.39 is 48.3 Å². The lowest BCUT2D eigenvalue weighted by atomic mass is 9.94. The van der Waals surface area contributed by atoms with Crippen molar-refractivity contribution in [2.75, 3.05) is 14.1 Å². The van der Waals surface area contributed by atoms with Gasteiger partial charge in [0.2, 0.25) is 35.4 Å². The highest BCUT2D eigenvalue weighted by Gasteiger charge is 2.48. The summed E-state index contributed by atoms with van der Waals surface area (Å²) in [6.45, 7) is 3.68. The highest BCUT2D eigenvalue weighted by atomic mass is 16.5. The van der Waals surface area contributed by atoms with Crippen LogP contribution in [0.25, 0.3) is 0 Å². The van der Waals surface area contributed by atoms with Gasteiger partial charge in [-0.2, -0.15) is 0 Å². The zero-order chi connectivity index (χ0) is 58.0. The van der Waals surface area contributed by atoms with Gasteiger partial charge >= 0.3 is 0 Å². The zero-order valence-electron chi connectivity index (χ0n) is 47.6. The summed E-state index contributed by atoms with van der Waals surface area (Å²) in [6, 6.07) is 32.8. The van der Waals surface area contributed by atoms with Crippen molar-refractivity contribution in [2.24, 2.45) is 0 Å². The van der Waals surface area contributed by atoms with E-state index in [4.69, 9.17) is 4.74 Å². The first kappa shape index (κ1) is 58.1. The standard InChI is InChI=1S/C62H76N14O7/c1-39(63-3)57(77)65-51-30-27-48(33-50-29-32-54(76(50)61(51)81)60(80)68-56(43-21-13-7-14-22-43)44-23-15-8-16-24-44)73-35-45(69-71-73)37-83-38-46-36-74(72-70-46)49-26-25-47-28-31-53(75(47)62(82)52(34-49)66-58(78)40(2)64-4)59(79)67-55(41-17-9-5-10-18-41)42-19-11-6-12-20-42/h5-24,35-36,39-40,47-56,63-64H,25-34,37-38H2,1-4H3,(H,65,77)(H,66,78)(H,67,79)(H,68,80)/t39-,40-,47?,48-,49+,50?,51-,52-,53-,54-/m0/s1. The minimum atomic E-state index is -0.939. The molecule has 10 atom stereocenters. The van der Waals surface area contributed by atoms with Crippen LogP contribution in [0.2, 0.25) is 0 Å². The minimum Gasteiger partial charge on any atom is -0.369 e. The first-order chi connectivity index (χ1) is 40.4. The highest BCUT2D eigenvalue weighted by Crippen LogP contribution is 2.38. The van der Waals surface area contributed by atoms with Crippen molar-refractivity contribution in [3.8, 4) is 0 Å². The van der Waals surface area contributed by atoms with E-state index in [0.29, 0.717) is 69.2 Å². The van der Waals surface area contributed by atoms with Gasteiger partial charge in [-0.05, 0) is 114 Å². The molecule has 0 bridgehead atoms. The van der Waals surface area contributed by atoms with Gasteiger partial charge in [0.1, 0.15) is 35.6 Å². The average molecular weight is 1130 g/mol. The molecular weight excluding hydrogens is 1050 g/mol. The molecule has 83 heavy (non-hydrogen) atoms. The second-order valence-electron chi connectivity index (χ2n) is 22.5. The summed E-state index contributed by atoms with van der Waals surface area (Å²) in [5.41, 5.74) is 4.83. The fourth-order valence-corrected chi connectivity index (χ4v) is 12.4. The lowest BCUT2D eigenvalue weighted by molar-refractivity contribution is -0.145. The van der Waals surface area contributed by atoms with Crippen LogP contribution in [0.1, 0.15) is 136 Å². The summed E-state index contributed by atoms with van der Waals surface area (Å²) in [5.74, 6) is -1.72. The Kier molecular flexibility index (Phi) is 18.8. The van der Waals surface area contributed by atoms with E-state index in [-0.39, 0.29) is 79.2 Å². The molecule has 21 nitrogen and oxygen atoms in total. The number of aromatic nitrogens is 6. The van der Waals surface area contributed by atoms with Crippen LogP contribution in [0.3, 0.4) is 0 Å². The van der Waals surface area contributed by atoms with Gasteiger partial charge in [0.15, 0.2) is 0 Å². The van der Waals surface area contributed by atoms with Crippen molar-refractivity contribution in [2.45, 2.75) is 164 Å². The second kappa shape index (κ2) is 26.8. The number of carbonyl (C=O) groups excluding carboxylic acids is 6. The Morgan fingerprint density at radius 1 is 0.494 bits per heavy atom. The number of hydrogen-bond donors (Lipinski definition) is 6. The Hall–Kier alpha value is -8.14. The van der Waals surface area contributed by atoms with E-state index in [1.807, 2.05) is 134 Å². The van der Waals surface area contributed by atoms with Crippen molar-refractivity contribution in [3.63, 3.8) is 0 Å². The number of nitrogens with one attached hydrogen (secondary N) is 6. The van der Waals surface area contributed by atoms with E-state index in [0.717, 1.165) is 22.3 Å². The van der Waals surface area contributed by atoms with Gasteiger partial charge < -0.3 is 46.4 Å². The first-order valence-electron chi connectivity index (χ1n) is 29.2. The van der Waals surface area contributed by atoms with Crippen LogP contribution in [0.15, 0.2) is 134 Å². The number of hydrogen-bond acceptors (Lipinski definition) is 13. The molecule has 4 aliphatic rings. The van der Waals surface area contributed by atoms with E-state index in [9.17, 15) is 28.8 Å². The minimum absolute atomic E-state index is 0.104. The lowest BCUT2D eigenvalue weighted by Gasteiger charge is -2.38. The third-order valence-electron chi connectivity index (χ3n) is 17.1. The van der Waals surface area contributed by atoms with E-state index in [1.165, 1.54) is 0 Å². The molecule has 2 unspecified atom stereocenters. The van der Waals surface area contributed by atoms with Gasteiger partial charge in [0.05, 0.1) is 61.9 Å². The molecule has 4 saturated heterocycles. The molecule has 4 aliphatic heterocycles. The molecule has 4 aromatic carbocycles. The van der Waals surface area contributed by atoms with Crippen LogP contribution >= 0.6 is 0 Å². The number of carbonyl (C=O) groups is 6. The number of rotatable bonds is 20. The largest absolute Gasteiger partial charge is 0.369 e. The third-order valence-corrected chi connectivity index (χ3v) is 17.1. The van der Waals surface area contributed by atoms with Crippen LogP contribution in [-0.4, -0.2) is 138 Å². The van der Waals surface area contributed by atoms with Gasteiger partial charge in [0, 0.05) is 12.1 Å². The van der Waals surface area contributed by atoms with Crippen LogP contribution in [0.5, 0.6) is 0 Å². The van der Waals surface area contributed by atoms with Gasteiger partial charge in [-0.25, -0.2) is 9.36 Å². The molecule has 10 rings (SSSR count). The average Bonchev–Trinajstić information content (AvgIpc) is 4.41. The molecule has 4 fully saturated rings. The van der Waals surface area contributed by atoms with Gasteiger partial charge in [-0.15, -0.1) is 10.2 Å². The maximum atomic E-state index is 14.8. The Bertz CT molecular complexity index is 3090. The van der Waals surface area contributed by atoms with Gasteiger partial charge in [-0.3, -0.25) is 28.8 Å². The number of likely N-dealkylation sites (N-methyl/N-ethyl adjacent to an activating group) is 2. The van der Waals surface area contributed by atoms with E-state index in [2.05, 4.69) is 52.5 Å². The fourth-order valence-electron chi connectivity index (χ4n) is 12.4. The Balaban J connectivity index is 0.795. The Morgan fingerprint density at radius 2 is 0.867 bits per heavy atom. The second-order valence-corrected chi connectivity index (χ2v) is 22.5. The van der Waals surface area contributed by atoms with Gasteiger partial charge in [-0.1, -0.05) is 132 Å². The van der Waals surface area contributed by atoms with Gasteiger partial charge in [0.25, 0.3) is 0 Å². The number of nitrogens with zero attached hydrogens (tertiary/aromatic N) is 8. The molecule has 436 valence electrons. The SMILES string of the molecule is CN[C@@H](C)C(=O)N[C@H]1CC[C@H](n2cc(COCc3cn([C@@H]4CCC5CC[C@@H](C(=O)NC(c6ccccc6)c6ccccc6)N5C(=O)[C@@H](NC(=O)[C@H](C)NC)C4)nn3)nn2)CC2CC[C@@H](C(=O)NC(c3ccccc3)c3ccccc3)N2C1=O. The smallest absolute Gasteiger partial charge is 0.246 e. The predicted octanol–water partition coefficient (Wildman–Crippen LogP) is 4.75. The molecule has 0 spiro atoms. The summed E-state index contributed by atoms with van der Waals surface area (Å²) >= 11 is 0. The van der Waals surface area contributed by atoms with Crippen LogP contribution < -0.4 is 31.9 Å². The molecule has 0 saturated carbocycles. The normalized spacial score (nSPS) is 23.5. The third kappa shape index (κ3) is 13.5. The van der Waals surface area contributed by atoms with Crippen LogP contribution in [-0.2, 0) is 46.7 Å². The lowest BCUT2D eigenvalue weighted by Crippen LogP contribution is -2.58. The van der Waals surface area contributed by atoms with Crippen molar-refractivity contribution < 1.29 is 33.5 Å². The molecule has 6 aromatic rings. The molecule has 6 N–H and O–H groups in total. The topological polar surface area (TPSA) is 252 Å². The molecule has 2 aromatic heterocycles. The van der Waals surface area contributed by atoms with Crippen molar-refractivity contribution in [3.05, 3.63) is 167 Å². The number of ether oxygens (including phenoxy) is 1. The van der Waals surface area contributed by atoms with Crippen molar-refractivity contribution in [1.82, 2.24) is 71.7 Å². The molecule has 0 radical (unpaired) electrons. The maximum Gasteiger partial charge on any atom is 0.246 e. The van der Waals surface area contributed by atoms with Crippen LogP contribution in [0, 0.1) is 0 Å². The molecule has 6 heterocycles. The summed E-state index contributed by atoms with van der Waals surface area (Å²) in [5, 5.41) is 36.5. The maximum absolute atomic E-state index is 14.8. The summed E-state index contributed by atoms with van der Waals surface area (Å²) in [4.78, 5) is 88.7. The monoisotopic (exact) mass is 1130 g/mol. The number of amides is 6. The van der Waals surface area contributed by atoms with E-state index in [1.54, 1.807) is 47.1 Å². The summed E-state index contributed by atoms with van der Waals surface area (Å²) in [6.07, 6.45) is 8.66. The van der Waals surface area contributed by atoms with Crippen LogP contribution in [0.4, 0.5) is 0 Å². The number of fused-ring (bicyclic) bond motifs is 2. The molecule has 6 amide bonds. The Morgan fingerprint density at radius 3 is 1.33 bits per heavy atom. The molecular formula is C62H76N14O7. The zero-order valence-corrected chi connectivity index (χ0v) is 47.6. The molecule has 0 aliphatic carbocycles. The Labute approximate surface area is 484 Å². The first-order valence-corrected chi connectivity index (χ1v) is 29.2. The fraction of sp³-hybridized carbons (Fsp3) is 0.452. The summed E-state index contributed by atoms with van der Waals surface area (Å²) < 4.78 is 9.73. The highest BCUT2D eigenvalue weighted by molar-refractivity contribution is 5.95. The van der Waals surface area contributed by atoms with Crippen molar-refractivity contribution in [1.29, 1.82) is 0 Å². The summed E-state index contributed by atoms with van der Waals surface area (Å²) in [7, 11) is 3.37. The van der Waals surface area contributed by atoms with Crippen molar-refractivity contribution >= 4 is 35.4 Å². The predicted molar refractivity (Wildman–Crippen MR) is 308 cm³/mol. The molecule has 21 heteroatoms. The quantitative estimate of drug-likeness (QED) is 0.0605. The van der Waals surface area contributed by atoms with E-state index >= 15 is 0 Å².